The van der Waals surface area contributed by atoms with Crippen LogP contribution in [0.5, 0.6) is 0 Å². The number of ether oxygens (including phenoxy) is 1. The van der Waals surface area contributed by atoms with E-state index in [0.717, 1.165) is 30.4 Å². The fraction of sp³-hybridized carbons (Fsp3) is 0.278. The second-order valence-corrected chi connectivity index (χ2v) is 5.72. The van der Waals surface area contributed by atoms with E-state index in [2.05, 4.69) is 0 Å². The molecule has 3 rings (SSSR count). The number of amides is 1. The molecule has 0 N–H and O–H groups in total. The normalized spacial score (nSPS) is 13.8. The van der Waals surface area contributed by atoms with Gasteiger partial charge in [0.2, 0.25) is 0 Å². The number of carbonyl (C=O) groups is 1. The van der Waals surface area contributed by atoms with Crippen LogP contribution in [-0.2, 0) is 17.8 Å². The molecular weight excluding hydrogens is 308 g/mol. The van der Waals surface area contributed by atoms with Crippen LogP contribution < -0.4 is 4.90 Å². The first-order chi connectivity index (χ1) is 11.6. The molecule has 2 aromatic rings. The minimum Gasteiger partial charge on any atom is -0.444 e. The molecule has 6 heteroatoms. The van der Waals surface area contributed by atoms with Crippen LogP contribution in [0.2, 0.25) is 0 Å². The molecule has 0 saturated carbocycles. The number of hydrogen-bond acceptors (Lipinski definition) is 4. The number of nitro groups is 1. The van der Waals surface area contributed by atoms with E-state index in [1.165, 1.54) is 17.0 Å². The number of nitro benzene ring substituents is 1. The van der Waals surface area contributed by atoms with Crippen molar-refractivity contribution in [2.45, 2.75) is 25.9 Å². The van der Waals surface area contributed by atoms with E-state index in [1.807, 2.05) is 30.3 Å². The zero-order chi connectivity index (χ0) is 16.9. The lowest BCUT2D eigenvalue weighted by Gasteiger charge is -2.22. The maximum atomic E-state index is 12.5. The molecule has 1 aliphatic rings. The summed E-state index contributed by atoms with van der Waals surface area (Å²) in [7, 11) is 0. The van der Waals surface area contributed by atoms with E-state index in [4.69, 9.17) is 4.74 Å². The zero-order valence-corrected chi connectivity index (χ0v) is 13.2. The average molecular weight is 326 g/mol. The lowest BCUT2D eigenvalue weighted by molar-refractivity contribution is -0.384. The molecule has 1 amide bonds. The van der Waals surface area contributed by atoms with Crippen LogP contribution in [0, 0.1) is 10.1 Å². The van der Waals surface area contributed by atoms with E-state index in [9.17, 15) is 14.9 Å². The second-order valence-electron chi connectivity index (χ2n) is 5.72. The molecule has 0 atom stereocenters. The van der Waals surface area contributed by atoms with Crippen molar-refractivity contribution < 1.29 is 14.5 Å². The number of fused-ring (bicyclic) bond motifs is 1. The Bertz CT molecular complexity index is 746. The number of nitrogens with zero attached hydrogens (tertiary/aromatic N) is 2. The van der Waals surface area contributed by atoms with Crippen LogP contribution in [-0.4, -0.2) is 17.6 Å². The third-order valence-corrected chi connectivity index (χ3v) is 4.07. The molecule has 0 saturated heterocycles. The van der Waals surface area contributed by atoms with E-state index in [1.54, 1.807) is 6.07 Å². The topological polar surface area (TPSA) is 72.7 Å². The Kier molecular flexibility index (Phi) is 4.74. The molecule has 24 heavy (non-hydrogen) atoms. The molecule has 124 valence electrons. The molecule has 0 radical (unpaired) electrons. The van der Waals surface area contributed by atoms with Gasteiger partial charge in [-0.05, 0) is 30.4 Å². The highest BCUT2D eigenvalue weighted by molar-refractivity contribution is 5.89. The summed E-state index contributed by atoms with van der Waals surface area (Å²) in [6.45, 7) is 0.683. The number of hydrogen-bond donors (Lipinski definition) is 0. The highest BCUT2D eigenvalue weighted by Gasteiger charge is 2.24. The third kappa shape index (κ3) is 3.53. The van der Waals surface area contributed by atoms with E-state index in [-0.39, 0.29) is 12.3 Å². The van der Waals surface area contributed by atoms with Crippen molar-refractivity contribution in [2.24, 2.45) is 0 Å². The van der Waals surface area contributed by atoms with Crippen LogP contribution in [0.4, 0.5) is 16.2 Å². The number of carbonyl (C=O) groups excluding carboxylic acids is 1. The average Bonchev–Trinajstić information content (AvgIpc) is 2.82. The van der Waals surface area contributed by atoms with Crippen LogP contribution in [0.3, 0.4) is 0 Å². The first-order valence-corrected chi connectivity index (χ1v) is 7.90. The van der Waals surface area contributed by atoms with E-state index >= 15 is 0 Å². The summed E-state index contributed by atoms with van der Waals surface area (Å²) in [5, 5.41) is 11.0. The summed E-state index contributed by atoms with van der Waals surface area (Å²) in [6.07, 6.45) is 2.11. The molecular formula is C18H18N2O4. The Labute approximate surface area is 139 Å². The molecule has 0 bridgehead atoms. The van der Waals surface area contributed by atoms with Gasteiger partial charge in [0.25, 0.3) is 5.69 Å². The van der Waals surface area contributed by atoms with Crippen molar-refractivity contribution in [1.82, 2.24) is 0 Å². The van der Waals surface area contributed by atoms with Crippen LogP contribution in [0.1, 0.15) is 24.0 Å². The number of rotatable bonds is 3. The number of non-ortho nitro benzene ring substituents is 1. The zero-order valence-electron chi connectivity index (χ0n) is 13.2. The third-order valence-electron chi connectivity index (χ3n) is 4.07. The molecule has 0 aliphatic carbocycles. The quantitative estimate of drug-likeness (QED) is 0.629. The van der Waals surface area contributed by atoms with Gasteiger partial charge in [0.1, 0.15) is 6.61 Å². The van der Waals surface area contributed by atoms with Gasteiger partial charge >= 0.3 is 6.09 Å². The molecule has 1 aliphatic heterocycles. The van der Waals surface area contributed by atoms with Crippen molar-refractivity contribution in [3.8, 4) is 0 Å². The van der Waals surface area contributed by atoms with Crippen molar-refractivity contribution >= 4 is 17.5 Å². The molecule has 0 unspecified atom stereocenters. The summed E-state index contributed by atoms with van der Waals surface area (Å²) in [5.74, 6) is 0. The fourth-order valence-electron chi connectivity index (χ4n) is 2.82. The van der Waals surface area contributed by atoms with Gasteiger partial charge in [-0.15, -0.1) is 0 Å². The Balaban J connectivity index is 1.81. The minimum atomic E-state index is -0.470. The molecule has 0 spiro atoms. The SMILES string of the molecule is O=C(OCc1ccccc1)N1CCCCc2ccc([N+](=O)[O-])cc21. The van der Waals surface area contributed by atoms with Gasteiger partial charge in [-0.3, -0.25) is 15.0 Å². The Hall–Kier alpha value is -2.89. The first kappa shape index (κ1) is 16.0. The van der Waals surface area contributed by atoms with Crippen molar-refractivity contribution in [3.05, 3.63) is 69.8 Å². The second kappa shape index (κ2) is 7.12. The smallest absolute Gasteiger partial charge is 0.414 e. The van der Waals surface area contributed by atoms with Crippen LogP contribution in [0.15, 0.2) is 48.5 Å². The summed E-state index contributed by atoms with van der Waals surface area (Å²) in [4.78, 5) is 24.6. The summed E-state index contributed by atoms with van der Waals surface area (Å²) in [6, 6.07) is 14.1. The van der Waals surface area contributed by atoms with Gasteiger partial charge in [0.15, 0.2) is 0 Å². The molecule has 2 aromatic carbocycles. The largest absolute Gasteiger partial charge is 0.444 e. The lowest BCUT2D eigenvalue weighted by atomic mass is 10.1. The van der Waals surface area contributed by atoms with E-state index < -0.39 is 11.0 Å². The van der Waals surface area contributed by atoms with Crippen molar-refractivity contribution in [2.75, 3.05) is 11.4 Å². The van der Waals surface area contributed by atoms with Crippen LogP contribution >= 0.6 is 0 Å². The van der Waals surface area contributed by atoms with Gasteiger partial charge < -0.3 is 4.74 Å². The maximum absolute atomic E-state index is 12.5. The molecule has 0 fully saturated rings. The van der Waals surface area contributed by atoms with Gasteiger partial charge in [-0.1, -0.05) is 36.4 Å². The van der Waals surface area contributed by atoms with Gasteiger partial charge in [-0.25, -0.2) is 4.79 Å². The molecule has 0 aromatic heterocycles. The van der Waals surface area contributed by atoms with Crippen LogP contribution in [0.25, 0.3) is 0 Å². The molecule has 1 heterocycles. The maximum Gasteiger partial charge on any atom is 0.414 e. The Morgan fingerprint density at radius 2 is 1.96 bits per heavy atom. The standard InChI is InChI=1S/C18H18N2O4/c21-18(24-13-14-6-2-1-3-7-14)19-11-5-4-8-15-9-10-16(20(22)23)12-17(15)19/h1-3,6-7,9-10,12H,4-5,8,11,13H2. The summed E-state index contributed by atoms with van der Waals surface area (Å²) in [5.41, 5.74) is 2.41. The van der Waals surface area contributed by atoms with Gasteiger partial charge in [-0.2, -0.15) is 0 Å². The lowest BCUT2D eigenvalue weighted by Crippen LogP contribution is -2.32. The summed E-state index contributed by atoms with van der Waals surface area (Å²) >= 11 is 0. The monoisotopic (exact) mass is 326 g/mol. The highest BCUT2D eigenvalue weighted by Crippen LogP contribution is 2.30. The number of benzene rings is 2. The fourth-order valence-corrected chi connectivity index (χ4v) is 2.82. The highest BCUT2D eigenvalue weighted by atomic mass is 16.6. The Morgan fingerprint density at radius 1 is 1.17 bits per heavy atom. The first-order valence-electron chi connectivity index (χ1n) is 7.90. The van der Waals surface area contributed by atoms with Crippen molar-refractivity contribution in [3.63, 3.8) is 0 Å². The number of aryl methyl sites for hydroxylation is 1. The Morgan fingerprint density at radius 3 is 2.71 bits per heavy atom. The van der Waals surface area contributed by atoms with Gasteiger partial charge in [0, 0.05) is 18.7 Å². The van der Waals surface area contributed by atoms with Crippen molar-refractivity contribution in [1.29, 1.82) is 0 Å². The minimum absolute atomic E-state index is 0.0171. The van der Waals surface area contributed by atoms with E-state index in [0.29, 0.717) is 12.2 Å². The number of anilines is 1. The summed E-state index contributed by atoms with van der Waals surface area (Å²) < 4.78 is 5.40. The predicted octanol–water partition coefficient (Wildman–Crippen LogP) is 4.07. The predicted molar refractivity (Wildman–Crippen MR) is 90.0 cm³/mol. The molecule has 6 nitrogen and oxygen atoms in total. The van der Waals surface area contributed by atoms with Gasteiger partial charge in [0.05, 0.1) is 10.6 Å².